The first-order valence-electron chi connectivity index (χ1n) is 7.00. The number of hydrogen-bond acceptors (Lipinski definition) is 5. The number of carbonyl (C=O) groups is 2. The number of carboxylic acids is 1. The van der Waals surface area contributed by atoms with E-state index in [1.807, 2.05) is 6.07 Å². The van der Waals surface area contributed by atoms with Crippen LogP contribution in [0.25, 0.3) is 0 Å². The monoisotopic (exact) mass is 318 g/mol. The van der Waals surface area contributed by atoms with Gasteiger partial charge in [0.2, 0.25) is 0 Å². The average Bonchev–Trinajstić information content (AvgIpc) is 2.93. The molecule has 1 heterocycles. The minimum absolute atomic E-state index is 0.208. The number of ether oxygens (including phenoxy) is 1. The molecule has 0 saturated heterocycles. The van der Waals surface area contributed by atoms with E-state index in [9.17, 15) is 9.59 Å². The highest BCUT2D eigenvalue weighted by molar-refractivity contribution is 5.85. The Balaban J connectivity index is 2.29. The second-order valence-electron chi connectivity index (χ2n) is 5.91. The number of hydrogen-bond donors (Lipinski definition) is 2. The summed E-state index contributed by atoms with van der Waals surface area (Å²) in [7, 11) is 0. The lowest BCUT2D eigenvalue weighted by atomic mass is 10.0. The average molecular weight is 318 g/mol. The highest BCUT2D eigenvalue weighted by Crippen LogP contribution is 2.23. The predicted molar refractivity (Wildman–Crippen MR) is 81.1 cm³/mol. The third-order valence-electron chi connectivity index (χ3n) is 2.83. The van der Waals surface area contributed by atoms with Crippen LogP contribution in [0.2, 0.25) is 0 Å². The van der Waals surface area contributed by atoms with Crippen molar-refractivity contribution in [3.05, 3.63) is 53.4 Å². The number of carbonyl (C=O) groups excluding carboxylic acids is 1. The normalized spacial score (nSPS) is 12.5. The lowest BCUT2D eigenvalue weighted by molar-refractivity contribution is 0.0504. The molecule has 1 amide bonds. The van der Waals surface area contributed by atoms with Crippen molar-refractivity contribution in [1.82, 2.24) is 10.5 Å². The molecule has 0 spiro atoms. The molecule has 1 aromatic carbocycles. The third kappa shape index (κ3) is 4.57. The zero-order chi connectivity index (χ0) is 17.0. The van der Waals surface area contributed by atoms with Gasteiger partial charge in [0.15, 0.2) is 11.5 Å². The molecule has 0 aliphatic rings. The van der Waals surface area contributed by atoms with E-state index in [1.54, 1.807) is 45.0 Å². The smallest absolute Gasteiger partial charge is 0.408 e. The van der Waals surface area contributed by atoms with Crippen molar-refractivity contribution >= 4 is 12.1 Å². The van der Waals surface area contributed by atoms with Gasteiger partial charge in [-0.25, -0.2) is 9.59 Å². The zero-order valence-corrected chi connectivity index (χ0v) is 13.1. The van der Waals surface area contributed by atoms with Gasteiger partial charge in [0.05, 0.1) is 0 Å². The first kappa shape index (κ1) is 16.5. The van der Waals surface area contributed by atoms with E-state index in [1.165, 1.54) is 6.07 Å². The fraction of sp³-hybridized carbons (Fsp3) is 0.312. The Morgan fingerprint density at radius 3 is 2.43 bits per heavy atom. The topological polar surface area (TPSA) is 102 Å². The number of rotatable bonds is 4. The lowest BCUT2D eigenvalue weighted by Gasteiger charge is -2.22. The maximum Gasteiger partial charge on any atom is 0.408 e. The standard InChI is InChI=1S/C16H18N2O5/c1-16(2,3)22-15(21)17-13(10-7-5-4-6-8-10)12-9-11(14(19)20)18-23-12/h4-9,13H,1-3H3,(H,17,21)(H,19,20). The summed E-state index contributed by atoms with van der Waals surface area (Å²) in [5, 5.41) is 15.1. The van der Waals surface area contributed by atoms with Gasteiger partial charge in [-0.2, -0.15) is 0 Å². The molecular weight excluding hydrogens is 300 g/mol. The SMILES string of the molecule is CC(C)(C)OC(=O)NC(c1ccccc1)c1cc(C(=O)O)no1. The van der Waals surface area contributed by atoms with Crippen LogP contribution in [-0.4, -0.2) is 27.9 Å². The highest BCUT2D eigenvalue weighted by Gasteiger charge is 2.25. The maximum absolute atomic E-state index is 12.0. The molecule has 0 radical (unpaired) electrons. The van der Waals surface area contributed by atoms with Crippen molar-refractivity contribution in [2.75, 3.05) is 0 Å². The van der Waals surface area contributed by atoms with Crippen LogP contribution in [0.4, 0.5) is 4.79 Å². The Bertz CT molecular complexity index is 688. The van der Waals surface area contributed by atoms with Gasteiger partial charge in [-0.15, -0.1) is 0 Å². The molecule has 0 saturated carbocycles. The van der Waals surface area contributed by atoms with Gasteiger partial charge < -0.3 is 19.7 Å². The van der Waals surface area contributed by atoms with Gasteiger partial charge in [-0.3, -0.25) is 0 Å². The van der Waals surface area contributed by atoms with Crippen LogP contribution in [0.15, 0.2) is 40.9 Å². The molecule has 0 aliphatic heterocycles. The van der Waals surface area contributed by atoms with Crippen LogP contribution in [0.3, 0.4) is 0 Å². The minimum atomic E-state index is -1.20. The van der Waals surface area contributed by atoms with Crippen molar-refractivity contribution in [1.29, 1.82) is 0 Å². The molecule has 0 aliphatic carbocycles. The second-order valence-corrected chi connectivity index (χ2v) is 5.91. The zero-order valence-electron chi connectivity index (χ0n) is 13.1. The number of aromatic carboxylic acids is 1. The first-order chi connectivity index (χ1) is 10.8. The Morgan fingerprint density at radius 2 is 1.91 bits per heavy atom. The summed E-state index contributed by atoms with van der Waals surface area (Å²) in [6, 6.07) is 9.57. The van der Waals surface area contributed by atoms with Gasteiger partial charge in [-0.1, -0.05) is 35.5 Å². The minimum Gasteiger partial charge on any atom is -0.476 e. The summed E-state index contributed by atoms with van der Waals surface area (Å²) < 4.78 is 10.3. The summed E-state index contributed by atoms with van der Waals surface area (Å²) in [5.41, 5.74) is -0.169. The summed E-state index contributed by atoms with van der Waals surface area (Å²) in [6.07, 6.45) is -0.639. The Labute approximate surface area is 133 Å². The molecule has 7 nitrogen and oxygen atoms in total. The van der Waals surface area contributed by atoms with Gasteiger partial charge in [0.25, 0.3) is 0 Å². The lowest BCUT2D eigenvalue weighted by Crippen LogP contribution is -2.35. The number of aromatic nitrogens is 1. The van der Waals surface area contributed by atoms with Gasteiger partial charge in [0.1, 0.15) is 11.6 Å². The Kier molecular flexibility index (Phi) is 4.68. The van der Waals surface area contributed by atoms with Crippen LogP contribution in [0.5, 0.6) is 0 Å². The molecule has 1 aromatic heterocycles. The molecule has 122 valence electrons. The molecule has 1 unspecified atom stereocenters. The van der Waals surface area contributed by atoms with E-state index in [2.05, 4.69) is 10.5 Å². The highest BCUT2D eigenvalue weighted by atomic mass is 16.6. The number of alkyl carbamates (subject to hydrolysis) is 1. The van der Waals surface area contributed by atoms with E-state index >= 15 is 0 Å². The fourth-order valence-corrected chi connectivity index (χ4v) is 1.92. The van der Waals surface area contributed by atoms with Gasteiger partial charge >= 0.3 is 12.1 Å². The molecule has 0 bridgehead atoms. The predicted octanol–water partition coefficient (Wildman–Crippen LogP) is 2.99. The van der Waals surface area contributed by atoms with Crippen molar-refractivity contribution in [2.24, 2.45) is 0 Å². The van der Waals surface area contributed by atoms with Crippen molar-refractivity contribution < 1.29 is 24.0 Å². The first-order valence-corrected chi connectivity index (χ1v) is 7.00. The van der Waals surface area contributed by atoms with Crippen molar-refractivity contribution in [2.45, 2.75) is 32.4 Å². The largest absolute Gasteiger partial charge is 0.476 e. The Morgan fingerprint density at radius 1 is 1.26 bits per heavy atom. The van der Waals surface area contributed by atoms with Crippen molar-refractivity contribution in [3.63, 3.8) is 0 Å². The van der Waals surface area contributed by atoms with Gasteiger partial charge in [0, 0.05) is 6.07 Å². The Hall–Kier alpha value is -2.83. The molecule has 23 heavy (non-hydrogen) atoms. The quantitative estimate of drug-likeness (QED) is 0.898. The summed E-state index contributed by atoms with van der Waals surface area (Å²) in [4.78, 5) is 23.0. The van der Waals surface area contributed by atoms with E-state index in [0.717, 1.165) is 0 Å². The number of nitrogens with zero attached hydrogens (tertiary/aromatic N) is 1. The molecule has 1 atom stereocenters. The maximum atomic E-state index is 12.0. The molecular formula is C16H18N2O5. The summed E-state index contributed by atoms with van der Waals surface area (Å²) in [5.74, 6) is -0.997. The molecule has 7 heteroatoms. The molecule has 2 rings (SSSR count). The summed E-state index contributed by atoms with van der Waals surface area (Å²) in [6.45, 7) is 5.25. The van der Waals surface area contributed by atoms with Crippen LogP contribution in [0.1, 0.15) is 48.6 Å². The molecule has 0 fully saturated rings. The van der Waals surface area contributed by atoms with E-state index in [0.29, 0.717) is 5.56 Å². The van der Waals surface area contributed by atoms with E-state index in [-0.39, 0.29) is 11.5 Å². The van der Waals surface area contributed by atoms with Gasteiger partial charge in [-0.05, 0) is 26.3 Å². The van der Waals surface area contributed by atoms with Crippen LogP contribution in [-0.2, 0) is 4.74 Å². The van der Waals surface area contributed by atoms with Crippen LogP contribution in [0, 0.1) is 0 Å². The molecule has 2 aromatic rings. The van der Waals surface area contributed by atoms with Crippen LogP contribution < -0.4 is 5.32 Å². The third-order valence-corrected chi connectivity index (χ3v) is 2.83. The number of benzene rings is 1. The fourth-order valence-electron chi connectivity index (χ4n) is 1.92. The van der Waals surface area contributed by atoms with E-state index in [4.69, 9.17) is 14.4 Å². The van der Waals surface area contributed by atoms with E-state index < -0.39 is 23.7 Å². The number of nitrogens with one attached hydrogen (secondary N) is 1. The number of amides is 1. The number of carboxylic acid groups (broad SMARTS) is 1. The molecule has 2 N–H and O–H groups in total. The van der Waals surface area contributed by atoms with Crippen LogP contribution >= 0.6 is 0 Å². The second kappa shape index (κ2) is 6.51. The summed E-state index contributed by atoms with van der Waals surface area (Å²) >= 11 is 0. The van der Waals surface area contributed by atoms with Crippen molar-refractivity contribution in [3.8, 4) is 0 Å².